The van der Waals surface area contributed by atoms with Crippen molar-refractivity contribution in [2.24, 2.45) is 16.8 Å². The summed E-state index contributed by atoms with van der Waals surface area (Å²) in [5, 5.41) is 7.02. The molecule has 0 bridgehead atoms. The van der Waals surface area contributed by atoms with Crippen LogP contribution in [0.4, 0.5) is 0 Å². The first-order valence-electron chi connectivity index (χ1n) is 12.1. The molecule has 2 saturated heterocycles. The number of hydrogen-bond donors (Lipinski definition) is 2. The van der Waals surface area contributed by atoms with Gasteiger partial charge in [0.1, 0.15) is 0 Å². The van der Waals surface area contributed by atoms with E-state index in [2.05, 4.69) is 41.2 Å². The Kier molecular flexibility index (Phi) is 11.2. The predicted octanol–water partition coefficient (Wildman–Crippen LogP) is 3.46. The van der Waals surface area contributed by atoms with E-state index < -0.39 is 0 Å². The van der Waals surface area contributed by atoms with E-state index in [-0.39, 0.29) is 29.9 Å². The lowest BCUT2D eigenvalue weighted by Gasteiger charge is -2.35. The number of guanidine groups is 1. The van der Waals surface area contributed by atoms with Gasteiger partial charge in [-0.3, -0.25) is 9.79 Å². The Hall–Kier alpha value is -0.570. The van der Waals surface area contributed by atoms with Crippen LogP contribution in [0.25, 0.3) is 0 Å². The normalized spacial score (nSPS) is 26.5. The van der Waals surface area contributed by atoms with Crippen molar-refractivity contribution in [3.63, 3.8) is 0 Å². The van der Waals surface area contributed by atoms with Gasteiger partial charge in [0.2, 0.25) is 5.91 Å². The number of halogens is 1. The molecule has 2 heterocycles. The van der Waals surface area contributed by atoms with E-state index in [1.54, 1.807) is 0 Å². The van der Waals surface area contributed by atoms with Crippen molar-refractivity contribution in [2.75, 3.05) is 39.3 Å². The molecule has 1 amide bonds. The van der Waals surface area contributed by atoms with Crippen LogP contribution in [0.5, 0.6) is 0 Å². The van der Waals surface area contributed by atoms with E-state index in [0.717, 1.165) is 57.9 Å². The first-order valence-corrected chi connectivity index (χ1v) is 12.1. The number of hydrogen-bond acceptors (Lipinski definition) is 3. The molecule has 0 radical (unpaired) electrons. The van der Waals surface area contributed by atoms with E-state index >= 15 is 0 Å². The van der Waals surface area contributed by atoms with Gasteiger partial charge in [0.15, 0.2) is 5.96 Å². The lowest BCUT2D eigenvalue weighted by molar-refractivity contribution is -0.135. The Labute approximate surface area is 201 Å². The van der Waals surface area contributed by atoms with E-state index in [4.69, 9.17) is 4.99 Å². The van der Waals surface area contributed by atoms with Gasteiger partial charge >= 0.3 is 0 Å². The van der Waals surface area contributed by atoms with Crippen LogP contribution in [-0.4, -0.2) is 73.0 Å². The molecule has 174 valence electrons. The van der Waals surface area contributed by atoms with Crippen LogP contribution in [0.15, 0.2) is 4.99 Å². The number of aliphatic imine (C=N–C) groups is 1. The molecule has 0 spiro atoms. The van der Waals surface area contributed by atoms with Crippen LogP contribution in [0.1, 0.15) is 72.1 Å². The third kappa shape index (κ3) is 7.53. The highest BCUT2D eigenvalue weighted by atomic mass is 127. The summed E-state index contributed by atoms with van der Waals surface area (Å²) in [6, 6.07) is 0.943. The molecule has 1 aliphatic carbocycles. The molecule has 3 aliphatic rings. The number of likely N-dealkylation sites (tertiary alicyclic amines) is 2. The second-order valence-corrected chi connectivity index (χ2v) is 9.57. The van der Waals surface area contributed by atoms with Crippen LogP contribution in [0.2, 0.25) is 0 Å². The van der Waals surface area contributed by atoms with Gasteiger partial charge in [-0.25, -0.2) is 0 Å². The van der Waals surface area contributed by atoms with Gasteiger partial charge < -0.3 is 20.4 Å². The number of amides is 1. The average molecular weight is 534 g/mol. The smallest absolute Gasteiger partial charge is 0.225 e. The van der Waals surface area contributed by atoms with E-state index in [1.807, 2.05) is 0 Å². The minimum Gasteiger partial charge on any atom is -0.357 e. The van der Waals surface area contributed by atoms with E-state index in [9.17, 15) is 4.79 Å². The fourth-order valence-corrected chi connectivity index (χ4v) is 5.14. The number of rotatable bonds is 6. The van der Waals surface area contributed by atoms with Crippen LogP contribution in [0, 0.1) is 11.8 Å². The van der Waals surface area contributed by atoms with E-state index in [0.29, 0.717) is 23.9 Å². The average Bonchev–Trinajstić information content (AvgIpc) is 3.21. The SMILES string of the molecule is CCNC(=NCC1CCCN(C(C)C)C1)NC1CCN(C(=O)C2CCCCC2)C1.I. The molecule has 2 N–H and O–H groups in total. The first kappa shape index (κ1) is 25.7. The lowest BCUT2D eigenvalue weighted by Crippen LogP contribution is -2.46. The van der Waals surface area contributed by atoms with Gasteiger partial charge in [0.25, 0.3) is 0 Å². The second kappa shape index (κ2) is 13.1. The van der Waals surface area contributed by atoms with Gasteiger partial charge in [0, 0.05) is 50.7 Å². The summed E-state index contributed by atoms with van der Waals surface area (Å²) in [5.74, 6) is 2.24. The van der Waals surface area contributed by atoms with Crippen LogP contribution >= 0.6 is 24.0 Å². The van der Waals surface area contributed by atoms with Gasteiger partial charge in [-0.2, -0.15) is 0 Å². The largest absolute Gasteiger partial charge is 0.357 e. The summed E-state index contributed by atoms with van der Waals surface area (Å²) in [4.78, 5) is 22.4. The molecule has 30 heavy (non-hydrogen) atoms. The zero-order valence-corrected chi connectivity index (χ0v) is 21.7. The Morgan fingerprint density at radius 1 is 1.03 bits per heavy atom. The molecule has 7 heteroatoms. The van der Waals surface area contributed by atoms with Crippen molar-refractivity contribution in [2.45, 2.75) is 84.2 Å². The first-order chi connectivity index (χ1) is 14.1. The molecule has 0 aromatic rings. The fraction of sp³-hybridized carbons (Fsp3) is 0.913. The number of piperidine rings is 1. The van der Waals surface area contributed by atoms with Gasteiger partial charge in [-0.15, -0.1) is 24.0 Å². The number of carbonyl (C=O) groups is 1. The minimum absolute atomic E-state index is 0. The van der Waals surface area contributed by atoms with Crippen LogP contribution in [-0.2, 0) is 4.79 Å². The third-order valence-corrected chi connectivity index (χ3v) is 6.93. The highest BCUT2D eigenvalue weighted by molar-refractivity contribution is 14.0. The third-order valence-electron chi connectivity index (χ3n) is 6.93. The number of carbonyl (C=O) groups excluding carboxylic acids is 1. The van der Waals surface area contributed by atoms with E-state index in [1.165, 1.54) is 38.6 Å². The molecule has 3 rings (SSSR count). The maximum atomic E-state index is 12.8. The Balaban J connectivity index is 0.00000320. The Bertz CT molecular complexity index is 550. The van der Waals surface area contributed by atoms with Gasteiger partial charge in [-0.05, 0) is 65.3 Å². The highest BCUT2D eigenvalue weighted by Crippen LogP contribution is 2.26. The topological polar surface area (TPSA) is 60.0 Å². The fourth-order valence-electron chi connectivity index (χ4n) is 5.14. The van der Waals surface area contributed by atoms with Crippen molar-refractivity contribution < 1.29 is 4.79 Å². The van der Waals surface area contributed by atoms with Crippen molar-refractivity contribution in [3.8, 4) is 0 Å². The summed E-state index contributed by atoms with van der Waals surface area (Å²) >= 11 is 0. The van der Waals surface area contributed by atoms with Crippen molar-refractivity contribution in [1.29, 1.82) is 0 Å². The molecule has 2 unspecified atom stereocenters. The molecule has 0 aromatic heterocycles. The van der Waals surface area contributed by atoms with Crippen LogP contribution in [0.3, 0.4) is 0 Å². The Morgan fingerprint density at radius 3 is 2.50 bits per heavy atom. The van der Waals surface area contributed by atoms with Gasteiger partial charge in [-0.1, -0.05) is 19.3 Å². The number of nitrogens with one attached hydrogen (secondary N) is 2. The maximum Gasteiger partial charge on any atom is 0.225 e. The van der Waals surface area contributed by atoms with Gasteiger partial charge in [0.05, 0.1) is 0 Å². The summed E-state index contributed by atoms with van der Waals surface area (Å²) in [6.45, 7) is 12.5. The van der Waals surface area contributed by atoms with Crippen molar-refractivity contribution >= 4 is 35.8 Å². The monoisotopic (exact) mass is 533 g/mol. The molecule has 1 saturated carbocycles. The zero-order valence-electron chi connectivity index (χ0n) is 19.4. The molecule has 6 nitrogen and oxygen atoms in total. The van der Waals surface area contributed by atoms with Crippen molar-refractivity contribution in [1.82, 2.24) is 20.4 Å². The highest BCUT2D eigenvalue weighted by Gasteiger charge is 2.32. The second-order valence-electron chi connectivity index (χ2n) is 9.57. The molecule has 2 aliphatic heterocycles. The predicted molar refractivity (Wildman–Crippen MR) is 136 cm³/mol. The maximum absolute atomic E-state index is 12.8. The summed E-state index contributed by atoms with van der Waals surface area (Å²) in [5.41, 5.74) is 0. The molecular formula is C23H44IN5O. The zero-order chi connectivity index (χ0) is 20.6. The summed E-state index contributed by atoms with van der Waals surface area (Å²) < 4.78 is 0. The minimum atomic E-state index is 0. The molecular weight excluding hydrogens is 489 g/mol. The summed E-state index contributed by atoms with van der Waals surface area (Å²) in [7, 11) is 0. The standard InChI is InChI=1S/C23H43N5O.HI/c1-4-24-23(25-15-19-9-8-13-27(16-19)18(2)3)26-21-12-14-28(17-21)22(29)20-10-6-5-7-11-20;/h18-21H,4-17H2,1-3H3,(H2,24,25,26);1H. The van der Waals surface area contributed by atoms with Crippen LogP contribution < -0.4 is 10.6 Å². The molecule has 2 atom stereocenters. The molecule has 3 fully saturated rings. The summed E-state index contributed by atoms with van der Waals surface area (Å²) in [6.07, 6.45) is 9.50. The Morgan fingerprint density at radius 2 is 1.80 bits per heavy atom. The van der Waals surface area contributed by atoms with Crippen molar-refractivity contribution in [3.05, 3.63) is 0 Å². The molecule has 0 aromatic carbocycles. The quantitative estimate of drug-likeness (QED) is 0.312. The lowest BCUT2D eigenvalue weighted by atomic mass is 9.88. The number of nitrogens with zero attached hydrogens (tertiary/aromatic N) is 3.